The monoisotopic (exact) mass is 1040 g/mol. The van der Waals surface area contributed by atoms with E-state index in [0.29, 0.717) is 101 Å². The molecule has 0 saturated heterocycles. The summed E-state index contributed by atoms with van der Waals surface area (Å²) in [6, 6.07) is 58.4. The minimum absolute atomic E-state index is 0.267. The minimum atomic E-state index is -0.427. The molecule has 8 N–H and O–H groups in total. The van der Waals surface area contributed by atoms with Gasteiger partial charge in [-0.3, -0.25) is 9.59 Å². The number of H-pyrrole nitrogens is 2. The average Bonchev–Trinajstić information content (AvgIpc) is 4.38. The molecule has 14 rings (SSSR count). The van der Waals surface area contributed by atoms with E-state index in [1.165, 1.54) is 0 Å². The van der Waals surface area contributed by atoms with Crippen LogP contribution in [0.25, 0.3) is 124 Å². The van der Waals surface area contributed by atoms with Gasteiger partial charge in [0, 0.05) is 100 Å². The van der Waals surface area contributed by atoms with Gasteiger partial charge in [0.15, 0.2) is 0 Å². The number of anilines is 4. The topological polar surface area (TPSA) is 186 Å². The van der Waals surface area contributed by atoms with Crippen molar-refractivity contribution in [3.63, 3.8) is 0 Å². The van der Waals surface area contributed by atoms with Crippen LogP contribution in [0.5, 0.6) is 11.5 Å². The van der Waals surface area contributed by atoms with Gasteiger partial charge in [-0.05, 0) is 107 Å². The number of hydrogen-bond donors (Lipinski definition) is 6. The number of aromatic amines is 2. The highest BCUT2D eigenvalue weighted by Gasteiger charge is 2.30. The van der Waals surface area contributed by atoms with E-state index in [4.69, 9.17) is 30.9 Å². The molecule has 12 heteroatoms. The van der Waals surface area contributed by atoms with Gasteiger partial charge in [0.25, 0.3) is 11.8 Å². The highest BCUT2D eigenvalue weighted by atomic mass is 16.5. The molecule has 0 aliphatic carbocycles. The molecule has 2 amide bonds. The van der Waals surface area contributed by atoms with Crippen LogP contribution < -0.4 is 31.6 Å². The third-order valence-electron chi connectivity index (χ3n) is 15.3. The number of nitrogens with two attached hydrogens (primary N) is 2. The molecule has 11 aromatic rings. The maximum Gasteiger partial charge on any atom is 0.259 e. The van der Waals surface area contributed by atoms with Crippen LogP contribution in [0.1, 0.15) is 43.5 Å². The third-order valence-corrected chi connectivity index (χ3v) is 15.3. The number of carbonyl (C=O) groups excluding carboxylic acids is 2. The normalized spacial score (nSPS) is 12.6. The largest absolute Gasteiger partial charge is 0.495 e. The van der Waals surface area contributed by atoms with E-state index in [0.717, 1.165) is 54.8 Å². The van der Waals surface area contributed by atoms with Crippen molar-refractivity contribution in [1.82, 2.24) is 19.9 Å². The first kappa shape index (κ1) is 47.5. The number of amides is 2. The molecule has 0 atom stereocenters. The molecule has 3 aliphatic rings. The standard InChI is InChI=1S/C68H48N8O4/c1-79-65-45-35-37-15-3-5-17-39(37)63(65)64-40-18-6-4-16-38(40)36-46(66(64)80-2)68(78)76-50-26-14-10-22-44(50)62-56-32-30-54(73-56)60(42-20-8-12-24-48(42)70)52-28-27-51(71-52)59(41-19-7-11-23-47(41)69)53-29-31-55(72-53)61(57-33-34-58(62)74-57)43-21-9-13-25-49(43)75-67(45)77/h3-36,72-73H,69-70H2,1-2H3,(H,75,77)(H,76,78). The van der Waals surface area contributed by atoms with Crippen LogP contribution in [-0.2, 0) is 0 Å². The van der Waals surface area contributed by atoms with E-state index in [-0.39, 0.29) is 11.1 Å². The number of nitrogens with zero attached hydrogens (tertiary/aromatic N) is 2. The van der Waals surface area contributed by atoms with Gasteiger partial charge in [0.1, 0.15) is 11.5 Å². The molecule has 0 spiro atoms. The second-order valence-corrected chi connectivity index (χ2v) is 19.8. The Hall–Kier alpha value is -11.0. The van der Waals surface area contributed by atoms with Crippen molar-refractivity contribution in [3.8, 4) is 67.1 Å². The van der Waals surface area contributed by atoms with Crippen molar-refractivity contribution in [2.24, 2.45) is 0 Å². The lowest BCUT2D eigenvalue weighted by Crippen LogP contribution is -2.16. The van der Waals surface area contributed by atoms with E-state index in [2.05, 4.69) is 20.6 Å². The summed E-state index contributed by atoms with van der Waals surface area (Å²) in [5.41, 5.74) is 28.9. The van der Waals surface area contributed by atoms with Gasteiger partial charge in [0.05, 0.1) is 48.1 Å². The van der Waals surface area contributed by atoms with Crippen LogP contribution in [0.4, 0.5) is 22.7 Å². The summed E-state index contributed by atoms with van der Waals surface area (Å²) in [4.78, 5) is 49.6. The van der Waals surface area contributed by atoms with Gasteiger partial charge in [-0.25, -0.2) is 9.97 Å². The van der Waals surface area contributed by atoms with E-state index < -0.39 is 11.8 Å². The summed E-state index contributed by atoms with van der Waals surface area (Å²) in [6.07, 6.45) is 7.98. The van der Waals surface area contributed by atoms with Crippen molar-refractivity contribution in [3.05, 3.63) is 216 Å². The lowest BCUT2D eigenvalue weighted by molar-refractivity contribution is 0.101. The number of nitrogen functional groups attached to an aromatic ring is 2. The van der Waals surface area contributed by atoms with Crippen LogP contribution in [0, 0.1) is 0 Å². The Morgan fingerprint density at radius 3 is 1.06 bits per heavy atom. The van der Waals surface area contributed by atoms with Crippen molar-refractivity contribution in [1.29, 1.82) is 0 Å². The molecule has 6 heterocycles. The van der Waals surface area contributed by atoms with Gasteiger partial charge in [-0.1, -0.05) is 121 Å². The van der Waals surface area contributed by atoms with E-state index in [1.54, 1.807) is 14.2 Å². The summed E-state index contributed by atoms with van der Waals surface area (Å²) in [6.45, 7) is 0. The molecule has 80 heavy (non-hydrogen) atoms. The fourth-order valence-electron chi connectivity index (χ4n) is 11.7. The number of methoxy groups -OCH3 is 2. The van der Waals surface area contributed by atoms with Crippen LogP contribution in [-0.4, -0.2) is 46.0 Å². The van der Waals surface area contributed by atoms with Crippen molar-refractivity contribution in [2.75, 3.05) is 36.3 Å². The van der Waals surface area contributed by atoms with Gasteiger partial charge in [0.2, 0.25) is 0 Å². The fourth-order valence-corrected chi connectivity index (χ4v) is 11.7. The second-order valence-electron chi connectivity index (χ2n) is 19.8. The van der Waals surface area contributed by atoms with E-state index in [9.17, 15) is 0 Å². The summed E-state index contributed by atoms with van der Waals surface area (Å²) >= 11 is 0. The van der Waals surface area contributed by atoms with Gasteiger partial charge < -0.3 is 41.5 Å². The zero-order chi connectivity index (χ0) is 54.2. The molecule has 0 unspecified atom stereocenters. The number of para-hydroxylation sites is 4. The first-order valence-electron chi connectivity index (χ1n) is 26.1. The number of hydrogen-bond acceptors (Lipinski definition) is 8. The summed E-state index contributed by atoms with van der Waals surface area (Å²) in [5, 5.41) is 9.80. The van der Waals surface area contributed by atoms with Crippen LogP contribution >= 0.6 is 0 Å². The lowest BCUT2D eigenvalue weighted by atomic mass is 9.88. The number of fused-ring (bicyclic) bond motifs is 21. The molecule has 0 fully saturated rings. The van der Waals surface area contributed by atoms with Crippen molar-refractivity contribution in [2.45, 2.75) is 0 Å². The highest BCUT2D eigenvalue weighted by molar-refractivity contribution is 6.20. The van der Waals surface area contributed by atoms with Crippen LogP contribution in [0.3, 0.4) is 0 Å². The Morgan fingerprint density at radius 2 is 0.688 bits per heavy atom. The Labute approximate surface area is 458 Å². The maximum atomic E-state index is 15.5. The molecule has 12 nitrogen and oxygen atoms in total. The third kappa shape index (κ3) is 7.68. The first-order chi connectivity index (χ1) is 39.2. The van der Waals surface area contributed by atoms with Crippen LogP contribution in [0.2, 0.25) is 0 Å². The molecule has 14 bridgehead atoms. The SMILES string of the molecule is COc1c2cc3ccccc3c1-c1c(OC)c(cc3ccccc13)C(=O)Nc1ccccc1-c1c3nc(c(c4ccc([nH]4)c(-c4ccccc4N)c4nc(c(-c5ccccc5N)c5ccc1[nH]5)C=C4)-c1ccccc1NC2=O)C=C3. The van der Waals surface area contributed by atoms with Crippen LogP contribution in [0.15, 0.2) is 182 Å². The molecular formula is C68H48N8O4. The molecule has 8 aromatic carbocycles. The van der Waals surface area contributed by atoms with Crippen molar-refractivity contribution >= 4 is 102 Å². The molecule has 0 radical (unpaired) electrons. The van der Waals surface area contributed by atoms with Gasteiger partial charge in [-0.2, -0.15) is 0 Å². The second kappa shape index (κ2) is 18.9. The maximum absolute atomic E-state index is 15.5. The highest BCUT2D eigenvalue weighted by Crippen LogP contribution is 2.50. The van der Waals surface area contributed by atoms with Gasteiger partial charge in [-0.15, -0.1) is 0 Å². The molecule has 0 saturated carbocycles. The number of rotatable bonds is 4. The zero-order valence-electron chi connectivity index (χ0n) is 43.3. The molecule has 3 aliphatic heterocycles. The molecular weight excluding hydrogens is 993 g/mol. The Balaban J connectivity index is 1.15. The summed E-state index contributed by atoms with van der Waals surface area (Å²) in [5.74, 6) is -0.255. The number of carbonyl (C=O) groups is 2. The number of ether oxygens (including phenoxy) is 2. The van der Waals surface area contributed by atoms with E-state index >= 15 is 9.59 Å². The first-order valence-corrected chi connectivity index (χ1v) is 26.1. The van der Waals surface area contributed by atoms with Gasteiger partial charge >= 0.3 is 0 Å². The summed E-state index contributed by atoms with van der Waals surface area (Å²) < 4.78 is 12.8. The number of benzene rings is 8. The average molecular weight is 1040 g/mol. The number of aromatic nitrogens is 4. The Kier molecular flexibility index (Phi) is 11.2. The predicted octanol–water partition coefficient (Wildman–Crippen LogP) is 15.3. The Morgan fingerprint density at radius 1 is 0.362 bits per heavy atom. The Bertz CT molecular complexity index is 4430. The van der Waals surface area contributed by atoms with E-state index in [1.807, 2.05) is 206 Å². The minimum Gasteiger partial charge on any atom is -0.495 e. The molecule has 384 valence electrons. The lowest BCUT2D eigenvalue weighted by Gasteiger charge is -2.22. The zero-order valence-corrected chi connectivity index (χ0v) is 43.3. The predicted molar refractivity (Wildman–Crippen MR) is 325 cm³/mol. The molecule has 3 aromatic heterocycles. The fraction of sp³-hybridized carbons (Fsp3) is 0.0294. The summed E-state index contributed by atoms with van der Waals surface area (Å²) in [7, 11) is 3.11. The number of nitrogens with one attached hydrogen (secondary N) is 4. The smallest absolute Gasteiger partial charge is 0.259 e. The van der Waals surface area contributed by atoms with Crippen molar-refractivity contribution < 1.29 is 19.1 Å². The quantitative estimate of drug-likeness (QED) is 0.0940.